The van der Waals surface area contributed by atoms with Crippen LogP contribution in [0.3, 0.4) is 0 Å². The van der Waals surface area contributed by atoms with E-state index >= 15 is 0 Å². The number of aromatic nitrogens is 4. The Bertz CT molecular complexity index is 947. The number of nitrogens with zero attached hydrogens (tertiary/aromatic N) is 4. The van der Waals surface area contributed by atoms with Crippen LogP contribution in [0.25, 0.3) is 11.0 Å². The second-order valence-electron chi connectivity index (χ2n) is 5.37. The Hall–Kier alpha value is -2.67. The van der Waals surface area contributed by atoms with Crippen LogP contribution in [0.1, 0.15) is 12.0 Å². The highest BCUT2D eigenvalue weighted by atomic mass is 35.5. The molecule has 0 atom stereocenters. The van der Waals surface area contributed by atoms with Gasteiger partial charge in [-0.1, -0.05) is 29.8 Å². The Morgan fingerprint density at radius 3 is 2.92 bits per heavy atom. The summed E-state index contributed by atoms with van der Waals surface area (Å²) in [5.41, 5.74) is 1.18. The van der Waals surface area contributed by atoms with Crippen molar-refractivity contribution in [1.29, 1.82) is 0 Å². The monoisotopic (exact) mass is 345 g/mol. The van der Waals surface area contributed by atoms with Crippen LogP contribution in [0, 0.1) is 0 Å². The fourth-order valence-corrected chi connectivity index (χ4v) is 2.57. The van der Waals surface area contributed by atoms with Gasteiger partial charge in [0, 0.05) is 31.6 Å². The molecule has 2 heterocycles. The normalized spacial score (nSPS) is 10.9. The van der Waals surface area contributed by atoms with Crippen molar-refractivity contribution in [2.75, 3.05) is 0 Å². The summed E-state index contributed by atoms with van der Waals surface area (Å²) in [6, 6.07) is 7.33. The first-order valence-electron chi connectivity index (χ1n) is 7.43. The van der Waals surface area contributed by atoms with Crippen molar-refractivity contribution in [1.82, 2.24) is 24.6 Å². The number of hydrogen-bond donors (Lipinski definition) is 1. The van der Waals surface area contributed by atoms with Gasteiger partial charge in [-0.05, 0) is 11.6 Å². The van der Waals surface area contributed by atoms with Crippen molar-refractivity contribution in [3.05, 3.63) is 57.7 Å². The van der Waals surface area contributed by atoms with E-state index in [4.69, 9.17) is 11.6 Å². The Balaban J connectivity index is 1.61. The fourth-order valence-electron chi connectivity index (χ4n) is 2.37. The summed E-state index contributed by atoms with van der Waals surface area (Å²) in [5.74, 6) is -0.159. The second kappa shape index (κ2) is 6.84. The molecule has 0 fully saturated rings. The Kier molecular flexibility index (Phi) is 4.61. The predicted molar refractivity (Wildman–Crippen MR) is 90.7 cm³/mol. The first-order valence-corrected chi connectivity index (χ1v) is 7.81. The number of carbonyl (C=O) groups is 1. The van der Waals surface area contributed by atoms with E-state index in [0.717, 1.165) is 5.56 Å². The molecule has 3 rings (SSSR count). The van der Waals surface area contributed by atoms with Gasteiger partial charge in [0.25, 0.3) is 5.56 Å². The lowest BCUT2D eigenvalue weighted by atomic mass is 10.2. The lowest BCUT2D eigenvalue weighted by molar-refractivity contribution is -0.121. The van der Waals surface area contributed by atoms with E-state index in [2.05, 4.69) is 15.4 Å². The maximum Gasteiger partial charge on any atom is 0.264 e. The van der Waals surface area contributed by atoms with Crippen molar-refractivity contribution >= 4 is 28.5 Å². The molecule has 0 radical (unpaired) electrons. The van der Waals surface area contributed by atoms with Crippen LogP contribution in [0.2, 0.25) is 5.02 Å². The molecular weight excluding hydrogens is 330 g/mol. The van der Waals surface area contributed by atoms with Gasteiger partial charge in [-0.3, -0.25) is 18.8 Å². The molecule has 0 aliphatic heterocycles. The number of nitrogens with one attached hydrogen (secondary N) is 1. The van der Waals surface area contributed by atoms with E-state index in [0.29, 0.717) is 22.6 Å². The smallest absolute Gasteiger partial charge is 0.264 e. The van der Waals surface area contributed by atoms with Gasteiger partial charge in [0.1, 0.15) is 5.39 Å². The van der Waals surface area contributed by atoms with Gasteiger partial charge in [-0.2, -0.15) is 5.10 Å². The minimum atomic E-state index is -0.202. The molecule has 0 saturated heterocycles. The highest BCUT2D eigenvalue weighted by molar-refractivity contribution is 6.31. The maximum absolute atomic E-state index is 12.3. The van der Waals surface area contributed by atoms with Crippen LogP contribution in [-0.4, -0.2) is 25.2 Å². The van der Waals surface area contributed by atoms with Crippen molar-refractivity contribution in [2.45, 2.75) is 19.5 Å². The molecule has 0 spiro atoms. The zero-order chi connectivity index (χ0) is 17.1. The summed E-state index contributed by atoms with van der Waals surface area (Å²) in [5, 5.41) is 7.86. The molecule has 24 heavy (non-hydrogen) atoms. The maximum atomic E-state index is 12.3. The Morgan fingerprint density at radius 1 is 1.33 bits per heavy atom. The molecule has 3 aromatic rings. The number of aryl methyl sites for hydroxylation is 2. The third kappa shape index (κ3) is 3.30. The fraction of sp³-hybridized carbons (Fsp3) is 0.250. The molecule has 0 aliphatic carbocycles. The molecule has 1 amide bonds. The third-order valence-electron chi connectivity index (χ3n) is 3.73. The average molecular weight is 346 g/mol. The molecule has 0 unspecified atom stereocenters. The number of hydrogen-bond acceptors (Lipinski definition) is 4. The largest absolute Gasteiger partial charge is 0.352 e. The predicted octanol–water partition coefficient (Wildman–Crippen LogP) is 1.49. The van der Waals surface area contributed by atoms with Crippen molar-refractivity contribution in [2.24, 2.45) is 7.05 Å². The quantitative estimate of drug-likeness (QED) is 0.759. The first kappa shape index (κ1) is 16.2. The zero-order valence-electron chi connectivity index (χ0n) is 13.1. The van der Waals surface area contributed by atoms with Gasteiger partial charge in [-0.15, -0.1) is 0 Å². The van der Waals surface area contributed by atoms with E-state index in [9.17, 15) is 9.59 Å². The van der Waals surface area contributed by atoms with Crippen LogP contribution in [0.4, 0.5) is 0 Å². The van der Waals surface area contributed by atoms with Crippen LogP contribution in [0.5, 0.6) is 0 Å². The summed E-state index contributed by atoms with van der Waals surface area (Å²) in [7, 11) is 1.72. The van der Waals surface area contributed by atoms with Gasteiger partial charge in [-0.25, -0.2) is 4.98 Å². The minimum Gasteiger partial charge on any atom is -0.352 e. The van der Waals surface area contributed by atoms with Gasteiger partial charge >= 0.3 is 0 Å². The van der Waals surface area contributed by atoms with E-state index in [1.54, 1.807) is 13.1 Å². The van der Waals surface area contributed by atoms with E-state index < -0.39 is 0 Å². The van der Waals surface area contributed by atoms with Crippen molar-refractivity contribution in [3.8, 4) is 0 Å². The first-order chi connectivity index (χ1) is 11.6. The molecule has 1 aromatic carbocycles. The molecule has 1 N–H and O–H groups in total. The molecule has 7 nitrogen and oxygen atoms in total. The summed E-state index contributed by atoms with van der Waals surface area (Å²) in [4.78, 5) is 28.5. The summed E-state index contributed by atoms with van der Waals surface area (Å²) < 4.78 is 2.95. The van der Waals surface area contributed by atoms with E-state index in [1.807, 2.05) is 18.2 Å². The average Bonchev–Trinajstić information content (AvgIpc) is 2.95. The number of carbonyl (C=O) groups excluding carboxylic acids is 1. The number of benzene rings is 1. The van der Waals surface area contributed by atoms with E-state index in [-0.39, 0.29) is 24.4 Å². The lowest BCUT2D eigenvalue weighted by Crippen LogP contribution is -2.27. The number of halogens is 1. The van der Waals surface area contributed by atoms with Crippen LogP contribution in [0.15, 0.2) is 41.6 Å². The number of rotatable bonds is 5. The molecule has 0 aliphatic rings. The molecule has 8 heteroatoms. The summed E-state index contributed by atoms with van der Waals surface area (Å²) >= 11 is 6.05. The van der Waals surface area contributed by atoms with Gasteiger partial charge in [0.05, 0.1) is 12.5 Å². The lowest BCUT2D eigenvalue weighted by Gasteiger charge is -2.08. The third-order valence-corrected chi connectivity index (χ3v) is 4.10. The Morgan fingerprint density at radius 2 is 2.12 bits per heavy atom. The highest BCUT2D eigenvalue weighted by Crippen LogP contribution is 2.14. The second-order valence-corrected chi connectivity index (χ2v) is 5.77. The molecule has 124 valence electrons. The molecular formula is C16H16ClN5O2. The summed E-state index contributed by atoms with van der Waals surface area (Å²) in [6.45, 7) is 0.609. The van der Waals surface area contributed by atoms with Crippen molar-refractivity contribution in [3.63, 3.8) is 0 Å². The van der Waals surface area contributed by atoms with Gasteiger partial charge < -0.3 is 5.32 Å². The van der Waals surface area contributed by atoms with Crippen LogP contribution in [-0.2, 0) is 24.9 Å². The van der Waals surface area contributed by atoms with Gasteiger partial charge in [0.2, 0.25) is 5.91 Å². The van der Waals surface area contributed by atoms with E-state index in [1.165, 1.54) is 21.8 Å². The topological polar surface area (TPSA) is 81.8 Å². The molecule has 0 saturated carbocycles. The minimum absolute atomic E-state index is 0.159. The Labute approximate surface area is 142 Å². The van der Waals surface area contributed by atoms with Crippen molar-refractivity contribution < 1.29 is 4.79 Å². The number of amides is 1. The van der Waals surface area contributed by atoms with Crippen LogP contribution >= 0.6 is 11.6 Å². The highest BCUT2D eigenvalue weighted by Gasteiger charge is 2.09. The van der Waals surface area contributed by atoms with Crippen LogP contribution < -0.4 is 10.9 Å². The van der Waals surface area contributed by atoms with Gasteiger partial charge in [0.15, 0.2) is 5.65 Å². The molecule has 2 aromatic heterocycles. The number of fused-ring (bicyclic) bond motifs is 1. The SMILES string of the molecule is Cn1ncc2c(=O)n(CCC(=O)NCc3ccccc3Cl)cnc21. The standard InChI is InChI=1S/C16H16ClN5O2/c1-21-15-12(9-20-21)16(24)22(10-19-15)7-6-14(23)18-8-11-4-2-3-5-13(11)17/h2-5,9-10H,6-8H2,1H3,(H,18,23). The molecule has 0 bridgehead atoms. The summed E-state index contributed by atoms with van der Waals surface area (Å²) in [6.07, 6.45) is 3.10. The zero-order valence-corrected chi connectivity index (χ0v) is 13.8.